The van der Waals surface area contributed by atoms with E-state index in [0.717, 1.165) is 0 Å². The lowest BCUT2D eigenvalue weighted by Crippen LogP contribution is -1.72. The third-order valence-electron chi connectivity index (χ3n) is 1.06. The van der Waals surface area contributed by atoms with Crippen LogP contribution in [0, 0.1) is 0 Å². The van der Waals surface area contributed by atoms with Gasteiger partial charge in [-0.3, -0.25) is 0 Å². The monoisotopic (exact) mass is 184 g/mol. The molecule has 0 heterocycles. The topological polar surface area (TPSA) is 0 Å². The van der Waals surface area contributed by atoms with Gasteiger partial charge in [0.25, 0.3) is 0 Å². The molecule has 56 valence electrons. The quantitative estimate of drug-likeness (QED) is 0.466. The first-order valence-electron chi connectivity index (χ1n) is 3.12. The number of unbranched alkanes of at least 4 members (excludes halogenated alkanes) is 3. The highest BCUT2D eigenvalue weighted by Gasteiger charge is 1.79. The van der Waals surface area contributed by atoms with Gasteiger partial charge in [0.2, 0.25) is 0 Å². The molecule has 0 unspecified atom stereocenters. The molecule has 0 atom stereocenters. The molecule has 0 aromatic carbocycles. The number of rotatable bonds is 4. The minimum atomic E-state index is 0. The van der Waals surface area contributed by atoms with Gasteiger partial charge in [-0.15, -0.1) is 30.1 Å². The lowest BCUT2D eigenvalue weighted by atomic mass is 10.2. The summed E-state index contributed by atoms with van der Waals surface area (Å²) < 4.78 is 0. The molecule has 0 saturated heterocycles. The summed E-state index contributed by atoms with van der Waals surface area (Å²) >= 11 is 2.75. The van der Waals surface area contributed by atoms with Crippen LogP contribution >= 0.6 is 24.8 Å². The minimum absolute atomic E-state index is 0. The van der Waals surface area contributed by atoms with Gasteiger partial charge in [0.05, 0.1) is 0 Å². The van der Waals surface area contributed by atoms with Crippen LogP contribution in [0.25, 0.3) is 0 Å². The molecule has 2 radical (unpaired) electrons. The molecule has 0 saturated carbocycles. The van der Waals surface area contributed by atoms with E-state index in [1.807, 2.05) is 0 Å². The van der Waals surface area contributed by atoms with Crippen molar-refractivity contribution in [1.29, 1.82) is 0 Å². The molecule has 0 fully saturated rings. The second-order valence-corrected chi connectivity index (χ2v) is 2.43. The molecule has 0 rings (SSSR count). The molecule has 0 aromatic rings. The van der Waals surface area contributed by atoms with Crippen molar-refractivity contribution in [3.05, 3.63) is 0 Å². The number of halogens is 2. The average Bonchev–Trinajstić information content (AvgIpc) is 1.69. The van der Waals surface area contributed by atoms with Crippen LogP contribution in [0.15, 0.2) is 0 Å². The first-order valence-corrected chi connectivity index (χ1v) is 3.93. The fourth-order valence-electron chi connectivity index (χ4n) is 0.571. The molecule has 0 spiro atoms. The van der Waals surface area contributed by atoms with Crippen molar-refractivity contribution < 1.29 is 0 Å². The largest absolute Gasteiger partial charge is 0.147 e. The molecule has 0 N–H and O–H groups in total. The van der Waals surface area contributed by atoms with Crippen molar-refractivity contribution >= 4 is 41.1 Å². The molecule has 0 aliphatic heterocycles. The Hall–Kier alpha value is 1.11. The van der Waals surface area contributed by atoms with Crippen molar-refractivity contribution in [2.45, 2.75) is 37.9 Å². The summed E-state index contributed by atoms with van der Waals surface area (Å²) in [5.41, 5.74) is 0. The highest BCUT2D eigenvalue weighted by molar-refractivity contribution is 6.08. The Bertz CT molecular complexity index is 30.2. The van der Waals surface area contributed by atoms with Gasteiger partial charge in [-0.05, 0) is 0 Å². The second-order valence-electron chi connectivity index (χ2n) is 1.85. The van der Waals surface area contributed by atoms with Gasteiger partial charge in [0.15, 0.2) is 0 Å². The molecule has 0 aromatic heterocycles. The number of hydrogen-bond acceptors (Lipinski definition) is 0. The summed E-state index contributed by atoms with van der Waals surface area (Å²) in [7, 11) is 0. The smallest absolute Gasteiger partial charge is 0.118 e. The summed E-state index contributed by atoms with van der Waals surface area (Å²) in [5, 5.41) is 1.28. The first kappa shape index (κ1) is 16.6. The lowest BCUT2D eigenvalue weighted by Gasteiger charge is -1.91. The SMILES string of the molecule is CCCCC[CH2][Al].Cl.Cl. The summed E-state index contributed by atoms with van der Waals surface area (Å²) in [6, 6.07) is 0. The Morgan fingerprint density at radius 1 is 1.00 bits per heavy atom. The molecular formula is C6H15AlCl2. The maximum Gasteiger partial charge on any atom is 0.118 e. The van der Waals surface area contributed by atoms with Gasteiger partial charge >= 0.3 is 0 Å². The highest BCUT2D eigenvalue weighted by atomic mass is 35.5. The summed E-state index contributed by atoms with van der Waals surface area (Å²) in [6.07, 6.45) is 5.57. The van der Waals surface area contributed by atoms with Gasteiger partial charge in [0, 0.05) is 0 Å². The zero-order valence-electron chi connectivity index (χ0n) is 5.93. The second kappa shape index (κ2) is 16.1. The van der Waals surface area contributed by atoms with Crippen molar-refractivity contribution in [3.63, 3.8) is 0 Å². The fraction of sp³-hybridized carbons (Fsp3) is 1.00. The molecule has 0 bridgehead atoms. The third-order valence-corrected chi connectivity index (χ3v) is 1.47. The van der Waals surface area contributed by atoms with E-state index in [1.54, 1.807) is 0 Å². The van der Waals surface area contributed by atoms with Crippen molar-refractivity contribution in [2.75, 3.05) is 0 Å². The van der Waals surface area contributed by atoms with Crippen LogP contribution in [-0.4, -0.2) is 16.3 Å². The van der Waals surface area contributed by atoms with E-state index in [1.165, 1.54) is 31.0 Å². The highest BCUT2D eigenvalue weighted by Crippen LogP contribution is 1.99. The Morgan fingerprint density at radius 2 is 1.56 bits per heavy atom. The van der Waals surface area contributed by atoms with E-state index in [4.69, 9.17) is 0 Å². The predicted molar refractivity (Wildman–Crippen MR) is 49.2 cm³/mol. The van der Waals surface area contributed by atoms with Gasteiger partial charge in [-0.25, -0.2) is 0 Å². The van der Waals surface area contributed by atoms with E-state index < -0.39 is 0 Å². The fourth-order valence-corrected chi connectivity index (χ4v) is 0.860. The van der Waals surface area contributed by atoms with Crippen LogP contribution in [0.2, 0.25) is 5.28 Å². The standard InChI is InChI=1S/C6H13.Al.2ClH/c1-3-5-6-4-2;;;/h1,3-6H2,2H3;;2*1H. The van der Waals surface area contributed by atoms with Gasteiger partial charge < -0.3 is 0 Å². The van der Waals surface area contributed by atoms with Crippen LogP contribution < -0.4 is 0 Å². The summed E-state index contributed by atoms with van der Waals surface area (Å²) in [6.45, 7) is 2.24. The zero-order valence-corrected chi connectivity index (χ0v) is 8.72. The van der Waals surface area contributed by atoms with Crippen LogP contribution in [0.1, 0.15) is 32.6 Å². The molecular weight excluding hydrogens is 170 g/mol. The molecule has 0 nitrogen and oxygen atoms in total. The normalized spacial score (nSPS) is 7.22. The zero-order chi connectivity index (χ0) is 5.54. The molecule has 0 aliphatic carbocycles. The average molecular weight is 185 g/mol. The predicted octanol–water partition coefficient (Wildman–Crippen LogP) is 3.00. The number of hydrogen-bond donors (Lipinski definition) is 0. The van der Waals surface area contributed by atoms with Crippen molar-refractivity contribution in [3.8, 4) is 0 Å². The molecule has 0 amide bonds. The van der Waals surface area contributed by atoms with Crippen molar-refractivity contribution in [1.82, 2.24) is 0 Å². The maximum absolute atomic E-state index is 2.75. The van der Waals surface area contributed by atoms with Crippen LogP contribution in [-0.2, 0) is 0 Å². The Labute approximate surface area is 79.0 Å². The van der Waals surface area contributed by atoms with Gasteiger partial charge in [0.1, 0.15) is 16.3 Å². The summed E-state index contributed by atoms with van der Waals surface area (Å²) in [4.78, 5) is 0. The Balaban J connectivity index is -0.000000180. The van der Waals surface area contributed by atoms with E-state index in [0.29, 0.717) is 0 Å². The Morgan fingerprint density at radius 3 is 1.89 bits per heavy atom. The minimum Gasteiger partial charge on any atom is -0.147 e. The molecule has 3 heteroatoms. The van der Waals surface area contributed by atoms with E-state index >= 15 is 0 Å². The Kier molecular flexibility index (Phi) is 29.6. The first-order chi connectivity index (χ1) is 3.41. The summed E-state index contributed by atoms with van der Waals surface area (Å²) in [5.74, 6) is 0. The maximum atomic E-state index is 2.75. The van der Waals surface area contributed by atoms with E-state index in [-0.39, 0.29) is 24.8 Å². The molecule has 9 heavy (non-hydrogen) atoms. The van der Waals surface area contributed by atoms with Crippen LogP contribution in [0.3, 0.4) is 0 Å². The van der Waals surface area contributed by atoms with Gasteiger partial charge in [-0.1, -0.05) is 32.6 Å². The van der Waals surface area contributed by atoms with E-state index in [9.17, 15) is 0 Å². The van der Waals surface area contributed by atoms with Crippen molar-refractivity contribution in [2.24, 2.45) is 0 Å². The van der Waals surface area contributed by atoms with Crippen LogP contribution in [0.5, 0.6) is 0 Å². The third kappa shape index (κ3) is 17.6. The van der Waals surface area contributed by atoms with E-state index in [2.05, 4.69) is 23.2 Å². The lowest BCUT2D eigenvalue weighted by molar-refractivity contribution is 0.701. The van der Waals surface area contributed by atoms with Gasteiger partial charge in [-0.2, -0.15) is 0 Å². The van der Waals surface area contributed by atoms with Crippen LogP contribution in [0.4, 0.5) is 0 Å². The molecule has 0 aliphatic rings.